The number of furan rings is 1. The van der Waals surface area contributed by atoms with E-state index in [0.29, 0.717) is 0 Å². The molecule has 3 nitrogen and oxygen atoms in total. The summed E-state index contributed by atoms with van der Waals surface area (Å²) in [5.74, 6) is 0. The minimum absolute atomic E-state index is 0.000742. The van der Waals surface area contributed by atoms with Crippen LogP contribution in [0.4, 0.5) is 17.1 Å². The van der Waals surface area contributed by atoms with Gasteiger partial charge in [-0.2, -0.15) is 0 Å². The lowest BCUT2D eigenvalue weighted by molar-refractivity contribution is 0.670. The summed E-state index contributed by atoms with van der Waals surface area (Å²) in [5.41, 5.74) is 13.1. The first-order valence-electron chi connectivity index (χ1n) is 14.9. The number of benzene rings is 6. The summed E-state index contributed by atoms with van der Waals surface area (Å²) in [6.45, 7) is 0.000742. The van der Waals surface area contributed by atoms with E-state index in [1.54, 1.807) is 23.5 Å². The molecular weight excluding hydrogens is 575 g/mol. The molecule has 2 aliphatic heterocycles. The van der Waals surface area contributed by atoms with Crippen LogP contribution in [0.15, 0.2) is 129 Å². The Bertz CT molecular complexity index is 2510. The third kappa shape index (κ3) is 3.12. The molecule has 44 heavy (non-hydrogen) atoms. The molecule has 208 valence electrons. The second-order valence-corrected chi connectivity index (χ2v) is 13.4. The highest BCUT2D eigenvalue weighted by Gasteiger charge is 2.44. The van der Waals surface area contributed by atoms with Crippen LogP contribution in [0.3, 0.4) is 0 Å². The van der Waals surface area contributed by atoms with Gasteiger partial charge in [-0.25, -0.2) is 0 Å². The molecule has 0 fully saturated rings. The molecule has 0 aliphatic carbocycles. The first kappa shape index (κ1) is 24.9. The Kier molecular flexibility index (Phi) is 5.09. The number of rotatable bonds is 3. The summed E-state index contributed by atoms with van der Waals surface area (Å²) >= 11 is 3.58. The number of hydrogen-bond acceptors (Lipinski definition) is 4. The Morgan fingerprint density at radius 1 is 0.636 bits per heavy atom. The van der Waals surface area contributed by atoms with Crippen LogP contribution < -0.4 is 15.8 Å². The first-order valence-corrected chi connectivity index (χ1v) is 17.3. The van der Waals surface area contributed by atoms with Gasteiger partial charge < -0.3 is 13.8 Å². The molecule has 6 heteroatoms. The van der Waals surface area contributed by atoms with E-state index >= 15 is 0 Å². The van der Waals surface area contributed by atoms with Crippen LogP contribution in [0.5, 0.6) is 0 Å². The lowest BCUT2D eigenvalue weighted by Crippen LogP contribution is -2.56. The minimum atomic E-state index is 0.000742. The quantitative estimate of drug-likeness (QED) is 0.149. The van der Waals surface area contributed by atoms with Gasteiger partial charge in [-0.15, -0.1) is 23.5 Å². The van der Waals surface area contributed by atoms with Gasteiger partial charge in [0.1, 0.15) is 11.2 Å². The average Bonchev–Trinajstić information content (AvgIpc) is 3.62. The van der Waals surface area contributed by atoms with E-state index in [9.17, 15) is 0 Å². The third-order valence-electron chi connectivity index (χ3n) is 9.54. The summed E-state index contributed by atoms with van der Waals surface area (Å²) < 4.78 is 9.42. The normalized spacial score (nSPS) is 13.3. The largest absolute Gasteiger partial charge is 0.455 e. The zero-order chi connectivity index (χ0) is 29.1. The topological polar surface area (TPSA) is 21.3 Å². The third-order valence-corrected chi connectivity index (χ3v) is 11.0. The molecule has 0 bridgehead atoms. The Labute approximate surface area is 263 Å². The monoisotopic (exact) mass is 600 g/mol. The van der Waals surface area contributed by atoms with E-state index in [2.05, 4.69) is 137 Å². The van der Waals surface area contributed by atoms with Crippen molar-refractivity contribution < 1.29 is 4.42 Å². The van der Waals surface area contributed by atoms with E-state index in [4.69, 9.17) is 4.42 Å². The fraction of sp³-hybridized carbons (Fsp3) is 0.0526. The predicted octanol–water partition coefficient (Wildman–Crippen LogP) is 9.56. The molecule has 0 amide bonds. The van der Waals surface area contributed by atoms with E-state index < -0.39 is 0 Å². The molecule has 2 aliphatic rings. The highest BCUT2D eigenvalue weighted by molar-refractivity contribution is 7.98. The molecule has 0 saturated heterocycles. The zero-order valence-electron chi connectivity index (χ0n) is 24.2. The molecule has 0 saturated carbocycles. The van der Waals surface area contributed by atoms with Crippen molar-refractivity contribution in [3.05, 3.63) is 115 Å². The van der Waals surface area contributed by atoms with Gasteiger partial charge >= 0.3 is 6.85 Å². The Morgan fingerprint density at radius 3 is 2.30 bits per heavy atom. The van der Waals surface area contributed by atoms with Gasteiger partial charge in [0.2, 0.25) is 0 Å². The summed E-state index contributed by atoms with van der Waals surface area (Å²) in [7, 11) is 0. The molecule has 0 unspecified atom stereocenters. The molecule has 2 aromatic heterocycles. The van der Waals surface area contributed by atoms with Crippen LogP contribution >= 0.6 is 23.5 Å². The van der Waals surface area contributed by atoms with E-state index in [0.717, 1.165) is 21.9 Å². The van der Waals surface area contributed by atoms with Crippen molar-refractivity contribution in [1.29, 1.82) is 0 Å². The van der Waals surface area contributed by atoms with Crippen molar-refractivity contribution in [1.82, 2.24) is 4.48 Å². The van der Waals surface area contributed by atoms with E-state index in [-0.39, 0.29) is 6.85 Å². The highest BCUT2D eigenvalue weighted by Crippen LogP contribution is 2.49. The van der Waals surface area contributed by atoms with Gasteiger partial charge in [0, 0.05) is 70.6 Å². The predicted molar refractivity (Wildman–Crippen MR) is 191 cm³/mol. The van der Waals surface area contributed by atoms with Gasteiger partial charge in [0.15, 0.2) is 0 Å². The van der Waals surface area contributed by atoms with Crippen LogP contribution in [0.2, 0.25) is 0 Å². The number of aromatic nitrogens is 1. The Balaban J connectivity index is 1.45. The van der Waals surface area contributed by atoms with Gasteiger partial charge in [-0.3, -0.25) is 0 Å². The Hall–Kier alpha value is -4.52. The first-order chi connectivity index (χ1) is 21.7. The van der Waals surface area contributed by atoms with Gasteiger partial charge in [-0.1, -0.05) is 66.7 Å². The lowest BCUT2D eigenvalue weighted by Gasteiger charge is -2.40. The molecule has 8 aromatic rings. The smallest absolute Gasteiger partial charge is 0.333 e. The summed E-state index contributed by atoms with van der Waals surface area (Å²) in [4.78, 5) is 5.01. The lowest BCUT2D eigenvalue weighted by atomic mass is 9.45. The summed E-state index contributed by atoms with van der Waals surface area (Å²) in [6.07, 6.45) is 4.31. The minimum Gasteiger partial charge on any atom is -0.455 e. The number of fused-ring (bicyclic) bond motifs is 11. The maximum absolute atomic E-state index is 6.81. The van der Waals surface area contributed by atoms with Crippen LogP contribution in [0.25, 0.3) is 54.9 Å². The number of para-hydroxylation sites is 3. The van der Waals surface area contributed by atoms with Crippen molar-refractivity contribution in [2.24, 2.45) is 0 Å². The van der Waals surface area contributed by atoms with E-state index in [1.807, 2.05) is 0 Å². The maximum atomic E-state index is 6.81. The maximum Gasteiger partial charge on any atom is 0.333 e. The average molecular weight is 601 g/mol. The standard InChI is InChI=1S/C38H25BN2OS2/c1-43-23-10-7-9-22(19-23)40-32-20-24(44-2)17-18-30(32)39-36-33(40)21-29-26-12-4-6-16-34(26)42-38(29)35(36)28-14-8-13-27-25-11-3-5-15-31(25)41(39)37(27)28/h3-21H,1-2H3. The van der Waals surface area contributed by atoms with Crippen molar-refractivity contribution >= 4 is 102 Å². The summed E-state index contributed by atoms with van der Waals surface area (Å²) in [5, 5.41) is 4.88. The van der Waals surface area contributed by atoms with Crippen LogP contribution in [-0.2, 0) is 0 Å². The highest BCUT2D eigenvalue weighted by atomic mass is 32.2. The second kappa shape index (κ2) is 9.01. The number of anilines is 3. The van der Waals surface area contributed by atoms with E-state index in [1.165, 1.54) is 70.7 Å². The van der Waals surface area contributed by atoms with Crippen molar-refractivity contribution in [3.63, 3.8) is 0 Å². The number of hydrogen-bond donors (Lipinski definition) is 0. The molecular formula is C38H25BN2OS2. The molecule has 10 rings (SSSR count). The molecule has 4 heterocycles. The SMILES string of the molecule is CSc1cccc(N2c3cc(SC)ccc3B3c4c2cc2c(oc5ccccc52)c4-c2cccc4c5ccccc5n3c24)c1. The number of nitrogens with zero attached hydrogens (tertiary/aromatic N) is 2. The van der Waals surface area contributed by atoms with Crippen LogP contribution in [0.1, 0.15) is 0 Å². The van der Waals surface area contributed by atoms with Gasteiger partial charge in [0.05, 0.1) is 0 Å². The molecule has 0 radical (unpaired) electrons. The zero-order valence-corrected chi connectivity index (χ0v) is 25.8. The van der Waals surface area contributed by atoms with Crippen molar-refractivity contribution in [3.8, 4) is 11.1 Å². The van der Waals surface area contributed by atoms with Crippen molar-refractivity contribution in [2.75, 3.05) is 17.4 Å². The van der Waals surface area contributed by atoms with Gasteiger partial charge in [0.25, 0.3) is 0 Å². The Morgan fingerprint density at radius 2 is 1.41 bits per heavy atom. The molecule has 6 aromatic carbocycles. The van der Waals surface area contributed by atoms with Gasteiger partial charge in [-0.05, 0) is 72.0 Å². The fourth-order valence-corrected chi connectivity index (χ4v) is 8.65. The molecule has 0 spiro atoms. The second-order valence-electron chi connectivity index (χ2n) is 11.6. The summed E-state index contributed by atoms with van der Waals surface area (Å²) in [6, 6.07) is 42.5. The van der Waals surface area contributed by atoms with Crippen molar-refractivity contribution in [2.45, 2.75) is 9.79 Å². The van der Waals surface area contributed by atoms with Crippen LogP contribution in [-0.4, -0.2) is 23.8 Å². The molecule has 0 N–H and O–H groups in total. The molecule has 0 atom stereocenters. The number of thioether (sulfide) groups is 2. The fourth-order valence-electron chi connectivity index (χ4n) is 7.77. The van der Waals surface area contributed by atoms with Crippen LogP contribution in [0, 0.1) is 0 Å².